The van der Waals surface area contributed by atoms with Gasteiger partial charge in [0, 0.05) is 17.9 Å². The van der Waals surface area contributed by atoms with Gasteiger partial charge in [-0.3, -0.25) is 19.3 Å². The van der Waals surface area contributed by atoms with Crippen molar-refractivity contribution in [1.82, 2.24) is 4.90 Å². The van der Waals surface area contributed by atoms with Crippen LogP contribution < -0.4 is 4.74 Å². The minimum Gasteiger partial charge on any atom is -0.497 e. The lowest BCUT2D eigenvalue weighted by Crippen LogP contribution is -2.34. The Bertz CT molecular complexity index is 1090. The van der Waals surface area contributed by atoms with Crippen molar-refractivity contribution < 1.29 is 19.1 Å². The average molecular weight is 387 g/mol. The molecule has 3 aliphatic rings. The number of imide groups is 1. The number of carbonyl (C=O) groups excluding carboxylic acids is 3. The number of allylic oxidation sites excluding steroid dienone is 2. The molecule has 2 aromatic carbocycles. The third-order valence-electron chi connectivity index (χ3n) is 6.53. The maximum atomic E-state index is 13.4. The molecule has 0 radical (unpaired) electrons. The van der Waals surface area contributed by atoms with E-state index in [1.54, 1.807) is 7.11 Å². The first-order valence-corrected chi connectivity index (χ1v) is 9.82. The molecular formula is C24H21NO4. The van der Waals surface area contributed by atoms with E-state index < -0.39 is 11.8 Å². The highest BCUT2D eigenvalue weighted by Gasteiger charge is 2.58. The number of hydrogen-bond donors (Lipinski definition) is 0. The highest BCUT2D eigenvalue weighted by molar-refractivity contribution is 6.15. The number of fused-ring (bicyclic) bond motifs is 5. The number of nitrogens with zero attached hydrogens (tertiary/aromatic N) is 1. The van der Waals surface area contributed by atoms with Gasteiger partial charge in [-0.15, -0.1) is 0 Å². The molecule has 29 heavy (non-hydrogen) atoms. The van der Waals surface area contributed by atoms with E-state index >= 15 is 0 Å². The topological polar surface area (TPSA) is 63.7 Å². The van der Waals surface area contributed by atoms with E-state index in [2.05, 4.69) is 0 Å². The first kappa shape index (κ1) is 17.9. The van der Waals surface area contributed by atoms with Gasteiger partial charge in [0.15, 0.2) is 5.78 Å². The molecule has 2 aliphatic carbocycles. The van der Waals surface area contributed by atoms with Gasteiger partial charge in [-0.1, -0.05) is 36.4 Å². The van der Waals surface area contributed by atoms with E-state index in [-0.39, 0.29) is 36.5 Å². The molecule has 5 heteroatoms. The molecule has 1 aliphatic heterocycles. The number of ether oxygens (including phenoxy) is 1. The Hall–Kier alpha value is -3.21. The van der Waals surface area contributed by atoms with Gasteiger partial charge in [-0.25, -0.2) is 0 Å². The summed E-state index contributed by atoms with van der Waals surface area (Å²) in [5.41, 5.74) is 4.40. The first-order chi connectivity index (χ1) is 14.0. The summed E-state index contributed by atoms with van der Waals surface area (Å²) in [5.74, 6) is -1.23. The maximum absolute atomic E-state index is 13.4. The number of carbonyl (C=O) groups is 3. The van der Waals surface area contributed by atoms with Crippen LogP contribution in [0, 0.1) is 11.8 Å². The molecular weight excluding hydrogens is 366 g/mol. The maximum Gasteiger partial charge on any atom is 0.234 e. The summed E-state index contributed by atoms with van der Waals surface area (Å²) in [6, 6.07) is 15.2. The second kappa shape index (κ2) is 6.41. The molecule has 0 bridgehead atoms. The Balaban J connectivity index is 1.58. The third kappa shape index (κ3) is 2.50. The van der Waals surface area contributed by atoms with Crippen LogP contribution in [-0.4, -0.2) is 29.6 Å². The highest BCUT2D eigenvalue weighted by atomic mass is 16.5. The van der Waals surface area contributed by atoms with E-state index in [1.807, 2.05) is 55.5 Å². The fraction of sp³-hybridized carbons (Fsp3) is 0.292. The van der Waals surface area contributed by atoms with Crippen molar-refractivity contribution in [3.63, 3.8) is 0 Å². The Kier molecular flexibility index (Phi) is 3.95. The largest absolute Gasteiger partial charge is 0.497 e. The van der Waals surface area contributed by atoms with Gasteiger partial charge in [-0.2, -0.15) is 0 Å². The van der Waals surface area contributed by atoms with Crippen LogP contribution in [0.5, 0.6) is 5.75 Å². The first-order valence-electron chi connectivity index (χ1n) is 9.82. The lowest BCUT2D eigenvalue weighted by Gasteiger charge is -2.30. The number of amides is 2. The van der Waals surface area contributed by atoms with Crippen LogP contribution >= 0.6 is 0 Å². The summed E-state index contributed by atoms with van der Waals surface area (Å²) in [6.07, 6.45) is 0.106. The zero-order valence-electron chi connectivity index (χ0n) is 16.3. The van der Waals surface area contributed by atoms with Crippen molar-refractivity contribution in [2.45, 2.75) is 25.8 Å². The van der Waals surface area contributed by atoms with Crippen molar-refractivity contribution in [3.8, 4) is 5.75 Å². The second-order valence-electron chi connectivity index (χ2n) is 7.98. The second-order valence-corrected chi connectivity index (χ2v) is 7.98. The molecule has 3 atom stereocenters. The summed E-state index contributed by atoms with van der Waals surface area (Å²) in [6.45, 7) is 2.18. The zero-order valence-corrected chi connectivity index (χ0v) is 16.3. The smallest absolute Gasteiger partial charge is 0.234 e. The average Bonchev–Trinajstić information content (AvgIpc) is 3.15. The van der Waals surface area contributed by atoms with E-state index in [1.165, 1.54) is 4.90 Å². The number of Topliss-reactive ketones (excluding diaryl/α,β-unsaturated/α-hetero) is 1. The summed E-state index contributed by atoms with van der Waals surface area (Å²) in [4.78, 5) is 40.9. The normalized spacial score (nSPS) is 25.2. The van der Waals surface area contributed by atoms with Gasteiger partial charge in [0.2, 0.25) is 11.8 Å². The molecule has 5 nitrogen and oxygen atoms in total. The highest BCUT2D eigenvalue weighted by Crippen LogP contribution is 2.55. The van der Waals surface area contributed by atoms with Gasteiger partial charge in [0.25, 0.3) is 0 Å². The molecule has 1 saturated carbocycles. The monoisotopic (exact) mass is 387 g/mol. The van der Waals surface area contributed by atoms with Crippen LogP contribution in [0.4, 0.5) is 0 Å². The van der Waals surface area contributed by atoms with E-state index in [0.29, 0.717) is 11.3 Å². The number of hydrogen-bond acceptors (Lipinski definition) is 4. The van der Waals surface area contributed by atoms with Crippen molar-refractivity contribution >= 4 is 23.2 Å². The third-order valence-corrected chi connectivity index (χ3v) is 6.53. The van der Waals surface area contributed by atoms with E-state index in [0.717, 1.165) is 22.3 Å². The molecule has 2 amide bonds. The lowest BCUT2D eigenvalue weighted by molar-refractivity contribution is -0.141. The fourth-order valence-corrected chi connectivity index (χ4v) is 5.19. The van der Waals surface area contributed by atoms with Gasteiger partial charge in [0.05, 0.1) is 25.5 Å². The van der Waals surface area contributed by atoms with Crippen LogP contribution in [0.25, 0.3) is 5.57 Å². The van der Waals surface area contributed by atoms with Gasteiger partial charge in [-0.05, 0) is 41.3 Å². The minimum absolute atomic E-state index is 0.0216. The molecule has 2 aromatic rings. The van der Waals surface area contributed by atoms with Gasteiger partial charge >= 0.3 is 0 Å². The molecule has 1 heterocycles. The quantitative estimate of drug-likeness (QED) is 0.758. The van der Waals surface area contributed by atoms with Crippen molar-refractivity contribution in [1.29, 1.82) is 0 Å². The number of methoxy groups -OCH3 is 1. The standard InChI is InChI=1S/C24H21NO4/c1-13-16-9-8-15(29-2)10-17(16)21-20(13)19(26)11-18-22(21)24(28)25(23(18)27)12-14-6-4-3-5-7-14/h3-10,18,21-22H,11-12H2,1-2H3/t18-,21+,22-/m1/s1. The molecule has 0 spiro atoms. The molecule has 0 unspecified atom stereocenters. The molecule has 146 valence electrons. The van der Waals surface area contributed by atoms with Crippen molar-refractivity contribution in [3.05, 3.63) is 70.8 Å². The molecule has 0 aromatic heterocycles. The van der Waals surface area contributed by atoms with Gasteiger partial charge < -0.3 is 4.74 Å². The van der Waals surface area contributed by atoms with Crippen molar-refractivity contribution in [2.24, 2.45) is 11.8 Å². The predicted molar refractivity (Wildman–Crippen MR) is 107 cm³/mol. The Labute approximate surface area is 169 Å². The summed E-state index contributed by atoms with van der Waals surface area (Å²) < 4.78 is 5.37. The Morgan fingerprint density at radius 3 is 2.52 bits per heavy atom. The Morgan fingerprint density at radius 2 is 1.79 bits per heavy atom. The SMILES string of the molecule is COc1ccc2c(c1)[C@H]1C(=C2C)C(=O)C[C@H]2C(=O)N(Cc3ccccc3)C(=O)[C@@H]12. The van der Waals surface area contributed by atoms with Crippen LogP contribution in [0.3, 0.4) is 0 Å². The predicted octanol–water partition coefficient (Wildman–Crippen LogP) is 3.34. The minimum atomic E-state index is -0.586. The number of benzene rings is 2. The molecule has 0 N–H and O–H groups in total. The molecule has 1 saturated heterocycles. The summed E-state index contributed by atoms with van der Waals surface area (Å²) >= 11 is 0. The van der Waals surface area contributed by atoms with Crippen LogP contribution in [0.2, 0.25) is 0 Å². The van der Waals surface area contributed by atoms with Crippen molar-refractivity contribution in [2.75, 3.05) is 7.11 Å². The van der Waals surface area contributed by atoms with Gasteiger partial charge in [0.1, 0.15) is 5.75 Å². The van der Waals surface area contributed by atoms with Crippen LogP contribution in [-0.2, 0) is 20.9 Å². The van der Waals surface area contributed by atoms with E-state index in [4.69, 9.17) is 4.74 Å². The number of ketones is 1. The summed E-state index contributed by atoms with van der Waals surface area (Å²) in [5, 5.41) is 0. The summed E-state index contributed by atoms with van der Waals surface area (Å²) in [7, 11) is 1.60. The zero-order chi connectivity index (χ0) is 20.3. The lowest BCUT2D eigenvalue weighted by atomic mass is 9.69. The molecule has 5 rings (SSSR count). The number of likely N-dealkylation sites (tertiary alicyclic amines) is 1. The van der Waals surface area contributed by atoms with E-state index in [9.17, 15) is 14.4 Å². The van der Waals surface area contributed by atoms with Crippen LogP contribution in [0.15, 0.2) is 54.1 Å². The number of rotatable bonds is 3. The Morgan fingerprint density at radius 1 is 1.03 bits per heavy atom. The fourth-order valence-electron chi connectivity index (χ4n) is 5.19. The van der Waals surface area contributed by atoms with Crippen LogP contribution in [0.1, 0.15) is 36.0 Å². The molecule has 2 fully saturated rings.